The van der Waals surface area contributed by atoms with Gasteiger partial charge in [-0.15, -0.1) is 0 Å². The van der Waals surface area contributed by atoms with E-state index in [1.807, 2.05) is 0 Å². The maximum absolute atomic E-state index is 12.7. The molecule has 2 atom stereocenters. The highest BCUT2D eigenvalue weighted by Gasteiger charge is 2.37. The fraction of sp³-hybridized carbons (Fsp3) is 0.333. The maximum atomic E-state index is 12.7. The normalized spacial score (nSPS) is 21.4. The van der Waals surface area contributed by atoms with Gasteiger partial charge in [-0.1, -0.05) is 0 Å². The number of carbonyl (C=O) groups is 1. The zero-order chi connectivity index (χ0) is 19.1. The number of aromatic nitrogens is 2. The second-order valence-corrected chi connectivity index (χ2v) is 8.33. The molecule has 2 aromatic rings. The minimum atomic E-state index is -3.94. The molecule has 2 aromatic heterocycles. The minimum Gasteiger partial charge on any atom is -0.485 e. The molecule has 9 nitrogen and oxygen atoms in total. The Morgan fingerprint density at radius 1 is 1.54 bits per heavy atom. The number of halogens is 1. The number of nitrogens with zero attached hydrogens (tertiary/aromatic N) is 2. The number of rotatable bonds is 3. The molecule has 140 valence electrons. The molecule has 0 saturated carbocycles. The van der Waals surface area contributed by atoms with Crippen molar-refractivity contribution in [2.45, 2.75) is 24.0 Å². The number of anilines is 1. The molecule has 0 spiro atoms. The Kier molecular flexibility index (Phi) is 5.06. The van der Waals surface area contributed by atoms with Gasteiger partial charge in [0.1, 0.15) is 15.6 Å². The SMILES string of the molecule is C[C@@H]1Oc2c(cn(C)c2C(=O)Nc2ccnc(Br)c2)S(=O)(=O)N[C@@H]1CO. The summed E-state index contributed by atoms with van der Waals surface area (Å²) in [5, 5.41) is 12.1. The summed E-state index contributed by atoms with van der Waals surface area (Å²) >= 11 is 3.22. The predicted octanol–water partition coefficient (Wildman–Crippen LogP) is 0.855. The molecule has 0 bridgehead atoms. The lowest BCUT2D eigenvalue weighted by atomic mass is 10.2. The van der Waals surface area contributed by atoms with E-state index in [0.29, 0.717) is 10.3 Å². The maximum Gasteiger partial charge on any atom is 0.276 e. The molecule has 0 saturated heterocycles. The standard InChI is InChI=1S/C15H17BrN4O5S/c1-8-10(7-21)19-26(23,24)11-6-20(2)13(14(11)25-8)15(22)18-9-3-4-17-12(16)5-9/h3-6,8,10,19,21H,7H2,1-2H3,(H,17,18,22)/t8-,10+/m0/s1. The smallest absolute Gasteiger partial charge is 0.276 e. The molecule has 3 rings (SSSR count). The number of hydrogen-bond acceptors (Lipinski definition) is 6. The number of fused-ring (bicyclic) bond motifs is 1. The van der Waals surface area contributed by atoms with E-state index in [4.69, 9.17) is 4.74 Å². The van der Waals surface area contributed by atoms with Gasteiger partial charge in [0, 0.05) is 25.1 Å². The number of aliphatic hydroxyl groups excluding tert-OH is 1. The first kappa shape index (κ1) is 18.8. The van der Waals surface area contributed by atoms with E-state index in [1.54, 1.807) is 26.1 Å². The fourth-order valence-corrected chi connectivity index (χ4v) is 4.47. The van der Waals surface area contributed by atoms with Gasteiger partial charge in [-0.2, -0.15) is 0 Å². The highest BCUT2D eigenvalue weighted by molar-refractivity contribution is 9.10. The summed E-state index contributed by atoms with van der Waals surface area (Å²) in [6.45, 7) is 1.19. The molecule has 3 N–H and O–H groups in total. The second-order valence-electron chi connectivity index (χ2n) is 5.84. The number of nitrogens with one attached hydrogen (secondary N) is 2. The van der Waals surface area contributed by atoms with E-state index in [2.05, 4.69) is 31.0 Å². The monoisotopic (exact) mass is 444 g/mol. The summed E-state index contributed by atoms with van der Waals surface area (Å²) in [6, 6.07) is 2.40. The minimum absolute atomic E-state index is 0.0472. The number of ether oxygens (including phenoxy) is 1. The van der Waals surface area contributed by atoms with Crippen molar-refractivity contribution in [2.75, 3.05) is 11.9 Å². The molecule has 1 aliphatic heterocycles. The Bertz CT molecular complexity index is 959. The summed E-state index contributed by atoms with van der Waals surface area (Å²) in [4.78, 5) is 16.6. The van der Waals surface area contributed by atoms with Crippen molar-refractivity contribution >= 4 is 37.5 Å². The van der Waals surface area contributed by atoms with Crippen LogP contribution in [0.15, 0.2) is 34.0 Å². The van der Waals surface area contributed by atoms with E-state index < -0.39 is 34.7 Å². The van der Waals surface area contributed by atoms with Crippen LogP contribution in [0.5, 0.6) is 5.75 Å². The topological polar surface area (TPSA) is 123 Å². The van der Waals surface area contributed by atoms with E-state index in [9.17, 15) is 18.3 Å². The summed E-state index contributed by atoms with van der Waals surface area (Å²) in [7, 11) is -2.39. The Hall–Kier alpha value is -1.95. The molecule has 1 amide bonds. The van der Waals surface area contributed by atoms with Gasteiger partial charge >= 0.3 is 0 Å². The molecular formula is C15H17BrN4O5S. The number of hydrogen-bond donors (Lipinski definition) is 3. The van der Waals surface area contributed by atoms with Crippen molar-refractivity contribution in [3.05, 3.63) is 34.8 Å². The molecule has 3 heterocycles. The van der Waals surface area contributed by atoms with Gasteiger partial charge in [-0.05, 0) is 35.0 Å². The van der Waals surface area contributed by atoms with Crippen molar-refractivity contribution in [1.82, 2.24) is 14.3 Å². The van der Waals surface area contributed by atoms with Gasteiger partial charge in [-0.3, -0.25) is 4.79 Å². The van der Waals surface area contributed by atoms with Crippen molar-refractivity contribution in [3.8, 4) is 5.75 Å². The van der Waals surface area contributed by atoms with Crippen molar-refractivity contribution < 1.29 is 23.1 Å². The third-order valence-electron chi connectivity index (χ3n) is 3.97. The van der Waals surface area contributed by atoms with Gasteiger partial charge in [0.2, 0.25) is 10.0 Å². The van der Waals surface area contributed by atoms with Gasteiger partial charge in [-0.25, -0.2) is 18.1 Å². The first-order valence-electron chi connectivity index (χ1n) is 7.65. The van der Waals surface area contributed by atoms with Gasteiger partial charge in [0.05, 0.1) is 12.6 Å². The number of amides is 1. The average Bonchev–Trinajstić information content (AvgIpc) is 2.85. The first-order valence-corrected chi connectivity index (χ1v) is 9.92. The van der Waals surface area contributed by atoms with Crippen LogP contribution in [0.25, 0.3) is 0 Å². The fourth-order valence-electron chi connectivity index (χ4n) is 2.63. The van der Waals surface area contributed by atoms with E-state index in [1.165, 1.54) is 17.0 Å². The number of aliphatic hydroxyl groups is 1. The summed E-state index contributed by atoms with van der Waals surface area (Å²) < 4.78 is 35.1. The second kappa shape index (κ2) is 6.99. The van der Waals surface area contributed by atoms with Gasteiger partial charge in [0.25, 0.3) is 5.91 Å². The third-order valence-corrected chi connectivity index (χ3v) is 5.88. The third kappa shape index (κ3) is 3.47. The first-order chi connectivity index (χ1) is 12.2. The van der Waals surface area contributed by atoms with Crippen LogP contribution in [0.3, 0.4) is 0 Å². The zero-order valence-electron chi connectivity index (χ0n) is 13.9. The Morgan fingerprint density at radius 2 is 2.27 bits per heavy atom. The Morgan fingerprint density at radius 3 is 2.92 bits per heavy atom. The van der Waals surface area contributed by atoms with Gasteiger partial charge in [0.15, 0.2) is 11.4 Å². The Labute approximate surface area is 158 Å². The summed E-state index contributed by atoms with van der Waals surface area (Å²) in [6.07, 6.45) is 2.16. The quantitative estimate of drug-likeness (QED) is 0.603. The molecule has 26 heavy (non-hydrogen) atoms. The predicted molar refractivity (Wildman–Crippen MR) is 96.6 cm³/mol. The molecule has 0 radical (unpaired) electrons. The van der Waals surface area contributed by atoms with Crippen LogP contribution < -0.4 is 14.8 Å². The molecule has 1 aliphatic rings. The average molecular weight is 445 g/mol. The highest BCUT2D eigenvalue weighted by atomic mass is 79.9. The molecular weight excluding hydrogens is 428 g/mol. The summed E-state index contributed by atoms with van der Waals surface area (Å²) in [5.41, 5.74) is 0.548. The summed E-state index contributed by atoms with van der Waals surface area (Å²) in [5.74, 6) is -0.578. The zero-order valence-corrected chi connectivity index (χ0v) is 16.3. The molecule has 0 aromatic carbocycles. The van der Waals surface area contributed by atoms with Crippen molar-refractivity contribution in [2.24, 2.45) is 7.05 Å². The lowest BCUT2D eigenvalue weighted by Gasteiger charge is -2.20. The largest absolute Gasteiger partial charge is 0.485 e. The molecule has 0 unspecified atom stereocenters. The number of sulfonamides is 1. The van der Waals surface area contributed by atoms with Gasteiger partial charge < -0.3 is 19.7 Å². The Balaban J connectivity index is 2.03. The van der Waals surface area contributed by atoms with Crippen LogP contribution in [0.1, 0.15) is 17.4 Å². The van der Waals surface area contributed by atoms with E-state index in [-0.39, 0.29) is 16.3 Å². The number of carbonyl (C=O) groups excluding carboxylic acids is 1. The number of pyridine rings is 1. The van der Waals surface area contributed by atoms with Crippen LogP contribution in [-0.2, 0) is 17.1 Å². The van der Waals surface area contributed by atoms with E-state index >= 15 is 0 Å². The van der Waals surface area contributed by atoms with Crippen LogP contribution in [0, 0.1) is 0 Å². The van der Waals surface area contributed by atoms with Crippen LogP contribution in [-0.4, -0.2) is 47.7 Å². The molecule has 0 aliphatic carbocycles. The van der Waals surface area contributed by atoms with Crippen LogP contribution >= 0.6 is 15.9 Å². The van der Waals surface area contributed by atoms with E-state index in [0.717, 1.165) is 0 Å². The highest BCUT2D eigenvalue weighted by Crippen LogP contribution is 2.34. The van der Waals surface area contributed by atoms with Crippen molar-refractivity contribution in [1.29, 1.82) is 0 Å². The van der Waals surface area contributed by atoms with Crippen LogP contribution in [0.2, 0.25) is 0 Å². The molecule has 0 fully saturated rings. The molecule has 11 heteroatoms. The lowest BCUT2D eigenvalue weighted by Crippen LogP contribution is -2.44. The van der Waals surface area contributed by atoms with Crippen molar-refractivity contribution in [3.63, 3.8) is 0 Å². The lowest BCUT2D eigenvalue weighted by molar-refractivity contribution is 0.0999. The number of aryl methyl sites for hydroxylation is 1. The van der Waals surface area contributed by atoms with Crippen LogP contribution in [0.4, 0.5) is 5.69 Å².